The Labute approximate surface area is 318 Å². The number of nitrogens with zero attached hydrogens (tertiary/aromatic N) is 3. The highest BCUT2D eigenvalue weighted by atomic mass is 32.2. The zero-order valence-electron chi connectivity index (χ0n) is 28.7. The van der Waals surface area contributed by atoms with Crippen molar-refractivity contribution in [3.05, 3.63) is 146 Å². The highest BCUT2D eigenvalue weighted by Crippen LogP contribution is 2.55. The quantitative estimate of drug-likeness (QED) is 0.101. The number of alkyl halides is 9. The summed E-state index contributed by atoms with van der Waals surface area (Å²) in [5, 5.41) is -6.53. The number of halogens is 9. The van der Waals surface area contributed by atoms with Crippen molar-refractivity contribution in [3.8, 4) is 62.2 Å². The van der Waals surface area contributed by atoms with Gasteiger partial charge in [-0.15, -0.1) is 0 Å². The molecule has 1 aromatic heterocycles. The van der Waals surface area contributed by atoms with Crippen LogP contribution < -0.4 is 4.18 Å². The third-order valence-electron chi connectivity index (χ3n) is 8.82. The van der Waals surface area contributed by atoms with E-state index >= 15 is 0 Å². The fraction of sp³-hybridized carbons (Fsp3) is 0.0976. The summed E-state index contributed by atoms with van der Waals surface area (Å²) in [5.74, 6) is -15.0. The fourth-order valence-electron chi connectivity index (χ4n) is 5.88. The highest BCUT2D eigenvalue weighted by Gasteiger charge is 2.86. The van der Waals surface area contributed by atoms with E-state index in [0.717, 1.165) is 23.3 Å². The van der Waals surface area contributed by atoms with Crippen LogP contribution in [0.3, 0.4) is 0 Å². The van der Waals surface area contributed by atoms with Gasteiger partial charge in [-0.3, -0.25) is 0 Å². The maximum Gasteiger partial charge on any atom is 0.460 e. The van der Waals surface area contributed by atoms with Crippen LogP contribution in [0.1, 0.15) is 0 Å². The normalized spacial score (nSPS) is 12.8. The van der Waals surface area contributed by atoms with Gasteiger partial charge >= 0.3 is 33.4 Å². The van der Waals surface area contributed by atoms with Gasteiger partial charge in [-0.25, -0.2) is 15.0 Å². The molecular weight excluding hydrogens is 786 g/mol. The Kier molecular flexibility index (Phi) is 9.80. The fourth-order valence-corrected chi connectivity index (χ4v) is 6.78. The van der Waals surface area contributed by atoms with Crippen molar-refractivity contribution in [1.29, 1.82) is 0 Å². The highest BCUT2D eigenvalue weighted by molar-refractivity contribution is 7.88. The average Bonchev–Trinajstić information content (AvgIpc) is 3.20. The summed E-state index contributed by atoms with van der Waals surface area (Å²) >= 11 is 0. The van der Waals surface area contributed by atoms with Crippen molar-refractivity contribution >= 4 is 20.9 Å². The second kappa shape index (κ2) is 14.3. The molecule has 0 bridgehead atoms. The zero-order chi connectivity index (χ0) is 40.8. The van der Waals surface area contributed by atoms with E-state index in [1.165, 1.54) is 24.3 Å². The lowest BCUT2D eigenvalue weighted by Gasteiger charge is -2.32. The molecule has 0 N–H and O–H groups in total. The van der Waals surface area contributed by atoms with Crippen LogP contribution in [0.2, 0.25) is 0 Å². The number of benzene rings is 6. The first-order chi connectivity index (χ1) is 26.9. The summed E-state index contributed by atoms with van der Waals surface area (Å²) in [4.78, 5) is 14.2. The number of rotatable bonds is 10. The van der Waals surface area contributed by atoms with Crippen molar-refractivity contribution in [2.45, 2.75) is 23.3 Å². The maximum absolute atomic E-state index is 14.5. The van der Waals surface area contributed by atoms with Crippen LogP contribution >= 0.6 is 0 Å². The van der Waals surface area contributed by atoms with Gasteiger partial charge < -0.3 is 4.18 Å². The molecule has 16 heteroatoms. The van der Waals surface area contributed by atoms with E-state index in [-0.39, 0.29) is 16.8 Å². The standard InChI is InChI=1S/C41H24F9N3O3S/c42-38(43,40(46,47)48)39(44,45)41(49,50)57(54,55)56-32-23-30-14-7-8-17-33(30)34(24-32)26-18-20-28(21-19-26)36-51-35(27-12-5-2-6-13-27)52-37(53-36)31-16-9-15-29(22-31)25-10-3-1-4-11-25/h1-24H. The minimum atomic E-state index is -7.45. The zero-order valence-corrected chi connectivity index (χ0v) is 29.5. The first kappa shape index (κ1) is 39.0. The van der Waals surface area contributed by atoms with Gasteiger partial charge in [0.05, 0.1) is 0 Å². The van der Waals surface area contributed by atoms with Gasteiger partial charge in [0.2, 0.25) is 0 Å². The van der Waals surface area contributed by atoms with E-state index in [0.29, 0.717) is 39.3 Å². The van der Waals surface area contributed by atoms with Crippen LogP contribution in [0, 0.1) is 0 Å². The summed E-state index contributed by atoms with van der Waals surface area (Å²) in [7, 11) is -7.18. The lowest BCUT2D eigenvalue weighted by atomic mass is 9.97. The molecule has 6 aromatic carbocycles. The molecule has 1 heterocycles. The molecule has 7 aromatic rings. The molecule has 0 saturated carbocycles. The Bertz CT molecular complexity index is 2700. The average molecular weight is 810 g/mol. The van der Waals surface area contributed by atoms with Crippen molar-refractivity contribution in [2.75, 3.05) is 0 Å². The van der Waals surface area contributed by atoms with Gasteiger partial charge in [0, 0.05) is 16.7 Å². The molecule has 0 aliphatic rings. The summed E-state index contributed by atoms with van der Waals surface area (Å²) in [6.07, 6.45) is -7.23. The molecule has 290 valence electrons. The molecule has 0 spiro atoms. The molecule has 0 aliphatic heterocycles. The summed E-state index contributed by atoms with van der Waals surface area (Å²) in [6.45, 7) is 0. The molecule has 0 aliphatic carbocycles. The number of fused-ring (bicyclic) bond motifs is 1. The minimum absolute atomic E-state index is 0.0968. The van der Waals surface area contributed by atoms with Crippen LogP contribution in [0.15, 0.2) is 146 Å². The largest absolute Gasteiger partial charge is 0.460 e. The molecule has 0 saturated heterocycles. The van der Waals surface area contributed by atoms with Crippen LogP contribution in [-0.2, 0) is 10.1 Å². The second-order valence-corrected chi connectivity index (χ2v) is 14.2. The topological polar surface area (TPSA) is 82.0 Å². The van der Waals surface area contributed by atoms with Crippen molar-refractivity contribution in [3.63, 3.8) is 0 Å². The van der Waals surface area contributed by atoms with Crippen LogP contribution in [0.5, 0.6) is 5.75 Å². The van der Waals surface area contributed by atoms with E-state index in [1.807, 2.05) is 84.9 Å². The Balaban J connectivity index is 1.27. The number of hydrogen-bond acceptors (Lipinski definition) is 6. The molecule has 0 amide bonds. The molecule has 6 nitrogen and oxygen atoms in total. The van der Waals surface area contributed by atoms with Gasteiger partial charge in [0.1, 0.15) is 5.75 Å². The van der Waals surface area contributed by atoms with Crippen molar-refractivity contribution < 1.29 is 52.1 Å². The molecule has 7 rings (SSSR count). The lowest BCUT2D eigenvalue weighted by molar-refractivity contribution is -0.382. The Morgan fingerprint density at radius 2 is 0.912 bits per heavy atom. The number of hydrogen-bond donors (Lipinski definition) is 0. The minimum Gasteiger partial charge on any atom is -0.378 e. The van der Waals surface area contributed by atoms with E-state index in [9.17, 15) is 47.9 Å². The third kappa shape index (κ3) is 7.16. The first-order valence-electron chi connectivity index (χ1n) is 16.6. The predicted molar refractivity (Wildman–Crippen MR) is 195 cm³/mol. The lowest BCUT2D eigenvalue weighted by Crippen LogP contribution is -2.63. The van der Waals surface area contributed by atoms with Crippen molar-refractivity contribution in [2.24, 2.45) is 0 Å². The third-order valence-corrected chi connectivity index (χ3v) is 10.1. The Morgan fingerprint density at radius 1 is 0.439 bits per heavy atom. The monoisotopic (exact) mass is 809 g/mol. The Hall–Kier alpha value is -6.29. The molecule has 0 unspecified atom stereocenters. The van der Waals surface area contributed by atoms with Crippen molar-refractivity contribution in [1.82, 2.24) is 15.0 Å². The van der Waals surface area contributed by atoms with Crippen LogP contribution in [0.25, 0.3) is 67.2 Å². The molecule has 57 heavy (non-hydrogen) atoms. The van der Waals surface area contributed by atoms with Crippen LogP contribution in [0.4, 0.5) is 39.5 Å². The van der Waals surface area contributed by atoms with E-state index in [1.54, 1.807) is 24.3 Å². The van der Waals surface area contributed by atoms with Gasteiger partial charge in [-0.1, -0.05) is 127 Å². The predicted octanol–water partition coefficient (Wildman–Crippen LogP) is 11.5. The SMILES string of the molecule is O=S(=O)(Oc1cc(-c2ccc(-c3nc(-c4ccccc4)nc(-c4cccc(-c5ccccc5)c4)n3)cc2)c2ccccc2c1)C(F)(F)C(F)(F)C(F)(F)C(F)(F)F. The van der Waals surface area contributed by atoms with E-state index < -0.39 is 39.1 Å². The van der Waals surface area contributed by atoms with Gasteiger partial charge in [-0.2, -0.15) is 47.9 Å². The number of aromatic nitrogens is 3. The maximum atomic E-state index is 14.5. The first-order valence-corrected chi connectivity index (χ1v) is 18.1. The molecule has 0 fully saturated rings. The summed E-state index contributed by atoms with van der Waals surface area (Å²) in [5.41, 5.74) is 4.15. The molecule has 0 atom stereocenters. The van der Waals surface area contributed by atoms with Gasteiger partial charge in [-0.05, 0) is 51.2 Å². The van der Waals surface area contributed by atoms with Crippen LogP contribution in [-0.4, -0.2) is 46.6 Å². The summed E-state index contributed by atoms with van der Waals surface area (Å²) in [6, 6.07) is 40.3. The van der Waals surface area contributed by atoms with E-state index in [2.05, 4.69) is 4.18 Å². The van der Waals surface area contributed by atoms with Gasteiger partial charge in [0.25, 0.3) is 0 Å². The van der Waals surface area contributed by atoms with Gasteiger partial charge in [0.15, 0.2) is 17.5 Å². The second-order valence-electron chi connectivity index (χ2n) is 12.6. The summed E-state index contributed by atoms with van der Waals surface area (Å²) < 4.78 is 151. The molecular formula is C41H24F9N3O3S. The smallest absolute Gasteiger partial charge is 0.378 e. The van der Waals surface area contributed by atoms with E-state index in [4.69, 9.17) is 15.0 Å². The Morgan fingerprint density at radius 3 is 1.51 bits per heavy atom. The molecule has 0 radical (unpaired) electrons.